The van der Waals surface area contributed by atoms with E-state index in [0.29, 0.717) is 35.6 Å². The first-order chi connectivity index (χ1) is 18.3. The molecule has 0 radical (unpaired) electrons. The number of piperidine rings is 1. The molecule has 1 aliphatic heterocycles. The molecule has 1 N–H and O–H groups in total. The zero-order chi connectivity index (χ0) is 26.3. The van der Waals surface area contributed by atoms with Gasteiger partial charge in [-0.25, -0.2) is 14.6 Å². The Morgan fingerprint density at radius 2 is 1.95 bits per heavy atom. The molecule has 0 aliphatic carbocycles. The van der Waals surface area contributed by atoms with Gasteiger partial charge in [-0.05, 0) is 71.6 Å². The minimum atomic E-state index is -4.40. The van der Waals surface area contributed by atoms with E-state index < -0.39 is 11.7 Å². The van der Waals surface area contributed by atoms with Gasteiger partial charge in [0.15, 0.2) is 5.65 Å². The van der Waals surface area contributed by atoms with Crippen LogP contribution in [0.5, 0.6) is 0 Å². The Hall–Kier alpha value is -3.99. The Bertz CT molecular complexity index is 1610. The second kappa shape index (κ2) is 9.71. The highest BCUT2D eigenvalue weighted by Gasteiger charge is 2.30. The van der Waals surface area contributed by atoms with Crippen molar-refractivity contribution in [1.29, 1.82) is 0 Å². The number of anilines is 1. The number of thiophene rings is 1. The molecule has 3 aromatic heterocycles. The van der Waals surface area contributed by atoms with Crippen LogP contribution in [0.3, 0.4) is 0 Å². The van der Waals surface area contributed by atoms with Gasteiger partial charge in [-0.2, -0.15) is 13.2 Å². The molecule has 2 aromatic carbocycles. The smallest absolute Gasteiger partial charge is 0.355 e. The monoisotopic (exact) mass is 536 g/mol. The molecule has 1 amide bonds. The van der Waals surface area contributed by atoms with Gasteiger partial charge < -0.3 is 10.2 Å². The summed E-state index contributed by atoms with van der Waals surface area (Å²) in [6.45, 7) is 1.71. The number of fused-ring (bicyclic) bond motifs is 2. The average Bonchev–Trinajstić information content (AvgIpc) is 3.58. The predicted octanol–water partition coefficient (Wildman–Crippen LogP) is 5.58. The molecule has 5 aromatic rings. The normalized spacial score (nSPS) is 16.3. The van der Waals surface area contributed by atoms with Gasteiger partial charge in [0.1, 0.15) is 12.1 Å². The highest BCUT2D eigenvalue weighted by atomic mass is 32.1. The van der Waals surface area contributed by atoms with Crippen molar-refractivity contribution in [1.82, 2.24) is 25.1 Å². The van der Waals surface area contributed by atoms with Crippen LogP contribution < -0.4 is 10.2 Å². The summed E-state index contributed by atoms with van der Waals surface area (Å²) < 4.78 is 41.5. The highest BCUT2D eigenvalue weighted by Crippen LogP contribution is 2.31. The lowest BCUT2D eigenvalue weighted by atomic mass is 9.97. The molecule has 1 fully saturated rings. The second-order valence-electron chi connectivity index (χ2n) is 9.35. The number of carbonyl (C=O) groups excluding carboxylic acids is 1. The Morgan fingerprint density at radius 3 is 2.76 bits per heavy atom. The molecule has 6 rings (SSSR count). The van der Waals surface area contributed by atoms with Crippen molar-refractivity contribution >= 4 is 44.2 Å². The number of nitrogens with zero attached hydrogens (tertiary/aromatic N) is 5. The number of hydrogen-bond acceptors (Lipinski definition) is 6. The van der Waals surface area contributed by atoms with Gasteiger partial charge in [0.2, 0.25) is 5.91 Å². The van der Waals surface area contributed by atoms with Crippen molar-refractivity contribution in [3.05, 3.63) is 77.6 Å². The van der Waals surface area contributed by atoms with Crippen LogP contribution in [0.1, 0.15) is 24.0 Å². The number of rotatable bonds is 5. The molecule has 1 aliphatic rings. The van der Waals surface area contributed by atoms with Gasteiger partial charge in [-0.3, -0.25) is 4.79 Å². The largest absolute Gasteiger partial charge is 0.416 e. The minimum Gasteiger partial charge on any atom is -0.355 e. The summed E-state index contributed by atoms with van der Waals surface area (Å²) in [6, 6.07) is 13.1. The third-order valence-electron chi connectivity index (χ3n) is 6.83. The summed E-state index contributed by atoms with van der Waals surface area (Å²) in [5, 5.41) is 11.4. The maximum Gasteiger partial charge on any atom is 0.416 e. The van der Waals surface area contributed by atoms with Gasteiger partial charge in [0.25, 0.3) is 0 Å². The van der Waals surface area contributed by atoms with Gasteiger partial charge in [-0.1, -0.05) is 6.07 Å². The van der Waals surface area contributed by atoms with Crippen molar-refractivity contribution in [2.45, 2.75) is 25.6 Å². The third kappa shape index (κ3) is 4.81. The van der Waals surface area contributed by atoms with Gasteiger partial charge >= 0.3 is 6.18 Å². The first-order valence-corrected chi connectivity index (χ1v) is 13.1. The second-order valence-corrected chi connectivity index (χ2v) is 10.3. The number of carbonyl (C=O) groups is 1. The van der Waals surface area contributed by atoms with E-state index in [1.54, 1.807) is 17.5 Å². The van der Waals surface area contributed by atoms with Gasteiger partial charge in [0.05, 0.1) is 22.6 Å². The number of hydrogen-bond donors (Lipinski definition) is 1. The molecule has 194 valence electrons. The lowest BCUT2D eigenvalue weighted by Gasteiger charge is -2.33. The molecule has 38 heavy (non-hydrogen) atoms. The molecule has 7 nitrogen and oxygen atoms in total. The van der Waals surface area contributed by atoms with E-state index in [2.05, 4.69) is 48.9 Å². The molecular formula is C27H23F3N6OS. The Kier molecular flexibility index (Phi) is 6.22. The van der Waals surface area contributed by atoms with Crippen LogP contribution in [0.15, 0.2) is 66.4 Å². The van der Waals surface area contributed by atoms with Crippen LogP contribution in [-0.4, -0.2) is 38.7 Å². The first kappa shape index (κ1) is 24.4. The Balaban J connectivity index is 1.17. The Morgan fingerprint density at radius 1 is 1.11 bits per heavy atom. The minimum absolute atomic E-state index is 0.00543. The SMILES string of the molecule is O=C(NCc1ccc2sccc2c1)[C@@H]1CCCN(c2ncnc3nn(-c4ccc(C(F)(F)F)cc4)cc23)C1. The lowest BCUT2D eigenvalue weighted by molar-refractivity contribution is -0.137. The first-order valence-electron chi connectivity index (χ1n) is 12.2. The maximum absolute atomic E-state index is 13.0. The van der Waals surface area contributed by atoms with E-state index >= 15 is 0 Å². The van der Waals surface area contributed by atoms with Crippen LogP contribution in [0.4, 0.5) is 19.0 Å². The van der Waals surface area contributed by atoms with E-state index in [-0.39, 0.29) is 11.8 Å². The summed E-state index contributed by atoms with van der Waals surface area (Å²) in [7, 11) is 0. The number of alkyl halides is 3. The summed E-state index contributed by atoms with van der Waals surface area (Å²) in [5.41, 5.74) is 1.26. The lowest BCUT2D eigenvalue weighted by Crippen LogP contribution is -2.43. The van der Waals surface area contributed by atoms with Crippen LogP contribution in [0.25, 0.3) is 26.8 Å². The number of nitrogens with one attached hydrogen (secondary N) is 1. The molecule has 0 bridgehead atoms. The summed E-state index contributed by atoms with van der Waals surface area (Å²) in [6.07, 6.45) is 0.354. The molecule has 1 atom stereocenters. The van der Waals surface area contributed by atoms with E-state index in [4.69, 9.17) is 0 Å². The van der Waals surface area contributed by atoms with E-state index in [9.17, 15) is 18.0 Å². The summed E-state index contributed by atoms with van der Waals surface area (Å²) in [5.74, 6) is 0.475. The topological polar surface area (TPSA) is 75.9 Å². The number of amides is 1. The quantitative estimate of drug-likeness (QED) is 0.317. The molecule has 0 saturated carbocycles. The van der Waals surface area contributed by atoms with Crippen molar-refractivity contribution < 1.29 is 18.0 Å². The number of benzene rings is 2. The molecule has 0 spiro atoms. The summed E-state index contributed by atoms with van der Waals surface area (Å²) in [4.78, 5) is 23.8. The average molecular weight is 537 g/mol. The number of aromatic nitrogens is 4. The van der Waals surface area contributed by atoms with Crippen LogP contribution in [0, 0.1) is 5.92 Å². The fourth-order valence-corrected chi connectivity index (χ4v) is 5.63. The van der Waals surface area contributed by atoms with Gasteiger partial charge in [-0.15, -0.1) is 16.4 Å². The maximum atomic E-state index is 13.0. The third-order valence-corrected chi connectivity index (χ3v) is 7.73. The van der Waals surface area contributed by atoms with Crippen molar-refractivity contribution in [2.24, 2.45) is 5.92 Å². The molecular weight excluding hydrogens is 513 g/mol. The van der Waals surface area contributed by atoms with Crippen molar-refractivity contribution in [3.8, 4) is 5.69 Å². The van der Waals surface area contributed by atoms with Crippen molar-refractivity contribution in [2.75, 3.05) is 18.0 Å². The van der Waals surface area contributed by atoms with E-state index in [1.165, 1.54) is 33.2 Å². The standard InChI is InChI=1S/C27H23F3N6OS/c28-27(29,30)20-4-6-21(7-5-20)36-15-22-24(34-36)32-16-33-25(22)35-10-1-2-19(14-35)26(37)31-13-17-3-8-23-18(12-17)9-11-38-23/h3-9,11-12,15-16,19H,1-2,10,13-14H2,(H,31,37)/t19-/m1/s1. The predicted molar refractivity (Wildman–Crippen MR) is 140 cm³/mol. The number of halogens is 3. The van der Waals surface area contributed by atoms with Crippen molar-refractivity contribution in [3.63, 3.8) is 0 Å². The van der Waals surface area contributed by atoms with E-state index in [0.717, 1.165) is 37.1 Å². The van der Waals surface area contributed by atoms with Crippen LogP contribution in [0.2, 0.25) is 0 Å². The molecule has 11 heteroatoms. The molecule has 1 saturated heterocycles. The fourth-order valence-electron chi connectivity index (χ4n) is 4.86. The summed E-state index contributed by atoms with van der Waals surface area (Å²) >= 11 is 1.69. The highest BCUT2D eigenvalue weighted by molar-refractivity contribution is 7.17. The zero-order valence-electron chi connectivity index (χ0n) is 20.2. The molecule has 4 heterocycles. The zero-order valence-corrected chi connectivity index (χ0v) is 21.0. The van der Waals surface area contributed by atoms with Gasteiger partial charge in [0, 0.05) is 30.5 Å². The van der Waals surface area contributed by atoms with Crippen LogP contribution in [-0.2, 0) is 17.5 Å². The Labute approximate surface area is 219 Å². The van der Waals surface area contributed by atoms with Crippen LogP contribution >= 0.6 is 11.3 Å². The van der Waals surface area contributed by atoms with E-state index in [1.807, 2.05) is 6.07 Å². The fraction of sp³-hybridized carbons (Fsp3) is 0.259. The molecule has 0 unspecified atom stereocenters.